The number of hydrogen-bond acceptors (Lipinski definition) is 4. The van der Waals surface area contributed by atoms with Gasteiger partial charge in [0, 0.05) is 23.8 Å². The van der Waals surface area contributed by atoms with E-state index in [4.69, 9.17) is 0 Å². The first-order valence-electron chi connectivity index (χ1n) is 10.3. The fourth-order valence-corrected chi connectivity index (χ4v) is 3.70. The molecule has 1 heterocycles. The minimum absolute atomic E-state index is 0.0622. The molecule has 0 atom stereocenters. The van der Waals surface area contributed by atoms with Gasteiger partial charge in [0.15, 0.2) is 0 Å². The van der Waals surface area contributed by atoms with Gasteiger partial charge in [0.2, 0.25) is 0 Å². The van der Waals surface area contributed by atoms with E-state index in [1.165, 1.54) is 12.8 Å². The van der Waals surface area contributed by atoms with Crippen LogP contribution in [-0.4, -0.2) is 39.5 Å². The lowest BCUT2D eigenvalue weighted by atomic mass is 10.1. The molecular weight excluding hydrogens is 380 g/mol. The quantitative estimate of drug-likeness (QED) is 0.585. The lowest BCUT2D eigenvalue weighted by Gasteiger charge is -2.11. The summed E-state index contributed by atoms with van der Waals surface area (Å²) < 4.78 is 1.72. The molecule has 1 saturated carbocycles. The topological polar surface area (TPSA) is 101 Å². The van der Waals surface area contributed by atoms with Crippen LogP contribution >= 0.6 is 0 Å². The van der Waals surface area contributed by atoms with Crippen molar-refractivity contribution < 1.29 is 9.59 Å². The van der Waals surface area contributed by atoms with Gasteiger partial charge in [0.1, 0.15) is 5.52 Å². The number of aromatic nitrogens is 3. The summed E-state index contributed by atoms with van der Waals surface area (Å²) in [6.45, 7) is 2.88. The van der Waals surface area contributed by atoms with Crippen LogP contribution in [0.5, 0.6) is 0 Å². The van der Waals surface area contributed by atoms with Gasteiger partial charge in [-0.2, -0.15) is 0 Å². The molecule has 30 heavy (non-hydrogen) atoms. The van der Waals surface area contributed by atoms with E-state index in [-0.39, 0.29) is 18.0 Å². The Kier molecular flexibility index (Phi) is 5.92. The van der Waals surface area contributed by atoms with Gasteiger partial charge >= 0.3 is 6.03 Å². The normalized spacial score (nSPS) is 14.0. The number of amides is 3. The third-order valence-electron chi connectivity index (χ3n) is 5.39. The van der Waals surface area contributed by atoms with E-state index in [0.29, 0.717) is 24.2 Å². The summed E-state index contributed by atoms with van der Waals surface area (Å²) in [6.07, 6.45) is 4.45. The van der Waals surface area contributed by atoms with E-state index >= 15 is 0 Å². The van der Waals surface area contributed by atoms with E-state index in [9.17, 15) is 9.59 Å². The number of nitrogens with one attached hydrogen (secondary N) is 3. The highest BCUT2D eigenvalue weighted by atomic mass is 16.2. The molecule has 0 radical (unpaired) electrons. The highest BCUT2D eigenvalue weighted by Crippen LogP contribution is 2.19. The van der Waals surface area contributed by atoms with Crippen LogP contribution in [0.15, 0.2) is 42.5 Å². The highest BCUT2D eigenvalue weighted by Gasteiger charge is 2.18. The van der Waals surface area contributed by atoms with Crippen molar-refractivity contribution >= 4 is 28.7 Å². The molecule has 3 amide bonds. The molecule has 0 spiro atoms. The Morgan fingerprint density at radius 3 is 2.63 bits per heavy atom. The third kappa shape index (κ3) is 4.76. The second kappa shape index (κ2) is 8.94. The second-order valence-corrected chi connectivity index (χ2v) is 7.72. The number of aryl methyl sites for hydroxylation is 1. The Balaban J connectivity index is 1.31. The maximum Gasteiger partial charge on any atom is 0.319 e. The average Bonchev–Trinajstić information content (AvgIpc) is 3.39. The van der Waals surface area contributed by atoms with Gasteiger partial charge in [-0.15, -0.1) is 5.10 Å². The van der Waals surface area contributed by atoms with Crippen LogP contribution in [0.1, 0.15) is 41.6 Å². The minimum atomic E-state index is -0.269. The first-order chi connectivity index (χ1) is 14.6. The molecule has 3 N–H and O–H groups in total. The Morgan fingerprint density at radius 1 is 1.10 bits per heavy atom. The lowest BCUT2D eigenvalue weighted by Crippen LogP contribution is -2.32. The largest absolute Gasteiger partial charge is 0.349 e. The summed E-state index contributed by atoms with van der Waals surface area (Å²) in [5.41, 5.74) is 3.97. The molecule has 0 bridgehead atoms. The molecule has 2 aromatic carbocycles. The number of anilines is 1. The van der Waals surface area contributed by atoms with Crippen LogP contribution in [0.25, 0.3) is 11.0 Å². The SMILES string of the molecule is Cc1ccc(NC(=O)NCCn2nnc3cc(C(=O)NC4CCCC4)ccc32)cc1. The maximum absolute atomic E-state index is 12.4. The van der Waals surface area contributed by atoms with Crippen molar-refractivity contribution in [1.29, 1.82) is 0 Å². The van der Waals surface area contributed by atoms with Gasteiger partial charge in [-0.25, -0.2) is 9.48 Å². The molecule has 1 aromatic heterocycles. The number of carbonyl (C=O) groups is 2. The maximum atomic E-state index is 12.4. The zero-order chi connectivity index (χ0) is 20.9. The standard InChI is InChI=1S/C22H26N6O2/c1-15-6-9-18(10-7-15)25-22(30)23-12-13-28-20-11-8-16(14-19(20)26-27-28)21(29)24-17-4-2-3-5-17/h6-11,14,17H,2-5,12-13H2,1H3,(H,24,29)(H2,23,25,30). The summed E-state index contributed by atoms with van der Waals surface area (Å²) >= 11 is 0. The Morgan fingerprint density at radius 2 is 1.87 bits per heavy atom. The fraction of sp³-hybridized carbons (Fsp3) is 0.364. The van der Waals surface area contributed by atoms with Crippen molar-refractivity contribution in [2.24, 2.45) is 0 Å². The summed E-state index contributed by atoms with van der Waals surface area (Å²) in [5.74, 6) is -0.0622. The number of carbonyl (C=O) groups excluding carboxylic acids is 2. The number of urea groups is 1. The van der Waals surface area contributed by atoms with Crippen molar-refractivity contribution in [3.63, 3.8) is 0 Å². The van der Waals surface area contributed by atoms with E-state index in [0.717, 1.165) is 29.6 Å². The summed E-state index contributed by atoms with van der Waals surface area (Å²) in [7, 11) is 0. The fourth-order valence-electron chi connectivity index (χ4n) is 3.70. The molecule has 1 fully saturated rings. The number of hydrogen-bond donors (Lipinski definition) is 3. The van der Waals surface area contributed by atoms with Gasteiger partial charge < -0.3 is 16.0 Å². The molecule has 3 aromatic rings. The van der Waals surface area contributed by atoms with Crippen LogP contribution in [0.3, 0.4) is 0 Å². The minimum Gasteiger partial charge on any atom is -0.349 e. The molecule has 8 heteroatoms. The predicted octanol–water partition coefficient (Wildman–Crippen LogP) is 3.23. The van der Waals surface area contributed by atoms with E-state index < -0.39 is 0 Å². The predicted molar refractivity (Wildman–Crippen MR) is 115 cm³/mol. The van der Waals surface area contributed by atoms with E-state index in [1.54, 1.807) is 16.8 Å². The second-order valence-electron chi connectivity index (χ2n) is 7.72. The molecule has 0 aliphatic heterocycles. The Bertz CT molecular complexity index is 1040. The van der Waals surface area contributed by atoms with Gasteiger partial charge in [0.25, 0.3) is 5.91 Å². The van der Waals surface area contributed by atoms with Crippen LogP contribution in [0.2, 0.25) is 0 Å². The third-order valence-corrected chi connectivity index (χ3v) is 5.39. The molecule has 0 saturated heterocycles. The monoisotopic (exact) mass is 406 g/mol. The Labute approximate surface area is 175 Å². The van der Waals surface area contributed by atoms with Gasteiger partial charge in [-0.05, 0) is 50.1 Å². The Hall–Kier alpha value is -3.42. The van der Waals surface area contributed by atoms with Crippen LogP contribution in [0, 0.1) is 6.92 Å². The van der Waals surface area contributed by atoms with Crippen molar-refractivity contribution in [3.05, 3.63) is 53.6 Å². The smallest absolute Gasteiger partial charge is 0.319 e. The number of fused-ring (bicyclic) bond motifs is 1. The summed E-state index contributed by atoms with van der Waals surface area (Å²) in [5, 5.41) is 17.0. The van der Waals surface area contributed by atoms with Crippen molar-refractivity contribution in [1.82, 2.24) is 25.6 Å². The lowest BCUT2D eigenvalue weighted by molar-refractivity contribution is 0.0938. The van der Waals surface area contributed by atoms with Gasteiger partial charge in [0.05, 0.1) is 12.1 Å². The van der Waals surface area contributed by atoms with Crippen molar-refractivity contribution in [3.8, 4) is 0 Å². The molecule has 156 valence electrons. The van der Waals surface area contributed by atoms with Crippen LogP contribution in [-0.2, 0) is 6.54 Å². The number of nitrogens with zero attached hydrogens (tertiary/aromatic N) is 3. The zero-order valence-corrected chi connectivity index (χ0v) is 17.0. The highest BCUT2D eigenvalue weighted by molar-refractivity contribution is 5.97. The zero-order valence-electron chi connectivity index (χ0n) is 17.0. The number of rotatable bonds is 6. The first kappa shape index (κ1) is 19.9. The van der Waals surface area contributed by atoms with Crippen LogP contribution < -0.4 is 16.0 Å². The summed E-state index contributed by atoms with van der Waals surface area (Å²) in [4.78, 5) is 24.5. The van der Waals surface area contributed by atoms with Crippen molar-refractivity contribution in [2.75, 3.05) is 11.9 Å². The molecule has 1 aliphatic rings. The van der Waals surface area contributed by atoms with Crippen LogP contribution in [0.4, 0.5) is 10.5 Å². The first-order valence-corrected chi connectivity index (χ1v) is 10.3. The molecule has 8 nitrogen and oxygen atoms in total. The van der Waals surface area contributed by atoms with Gasteiger partial charge in [-0.3, -0.25) is 4.79 Å². The molecule has 1 aliphatic carbocycles. The van der Waals surface area contributed by atoms with E-state index in [2.05, 4.69) is 26.3 Å². The molecular formula is C22H26N6O2. The molecule has 0 unspecified atom stereocenters. The summed E-state index contributed by atoms with van der Waals surface area (Å²) in [6, 6.07) is 13.0. The molecule has 4 rings (SSSR count). The van der Waals surface area contributed by atoms with Gasteiger partial charge in [-0.1, -0.05) is 35.8 Å². The van der Waals surface area contributed by atoms with Crippen molar-refractivity contribution in [2.45, 2.75) is 45.2 Å². The average molecular weight is 406 g/mol. The van der Waals surface area contributed by atoms with E-state index in [1.807, 2.05) is 37.3 Å². The number of benzene rings is 2.